The van der Waals surface area contributed by atoms with Crippen LogP contribution < -0.4 is 10.1 Å². The predicted octanol–water partition coefficient (Wildman–Crippen LogP) is 3.50. The number of carbonyl (C=O) groups excluding carboxylic acids is 2. The second kappa shape index (κ2) is 9.84. The molecule has 1 N–H and O–H groups in total. The van der Waals surface area contributed by atoms with Crippen LogP contribution in [0.5, 0.6) is 5.75 Å². The monoisotopic (exact) mass is 361 g/mol. The highest BCUT2D eigenvalue weighted by molar-refractivity contribution is 7.09. The number of para-hydroxylation sites is 1. The molecule has 0 unspecified atom stereocenters. The summed E-state index contributed by atoms with van der Waals surface area (Å²) >= 11 is 1.61. The van der Waals surface area contributed by atoms with Gasteiger partial charge in [0, 0.05) is 10.4 Å². The van der Waals surface area contributed by atoms with Crippen LogP contribution in [0.3, 0.4) is 0 Å². The highest BCUT2D eigenvalue weighted by Crippen LogP contribution is 2.27. The van der Waals surface area contributed by atoms with Gasteiger partial charge in [0.2, 0.25) is 5.91 Å². The van der Waals surface area contributed by atoms with Crippen LogP contribution >= 0.6 is 11.3 Å². The molecule has 0 saturated heterocycles. The molecule has 134 valence electrons. The zero-order valence-corrected chi connectivity index (χ0v) is 15.3. The van der Waals surface area contributed by atoms with Gasteiger partial charge in [0.1, 0.15) is 5.75 Å². The molecule has 0 saturated carbocycles. The molecule has 0 aliphatic rings. The van der Waals surface area contributed by atoms with Crippen LogP contribution in [0.4, 0.5) is 0 Å². The van der Waals surface area contributed by atoms with E-state index < -0.39 is 0 Å². The van der Waals surface area contributed by atoms with Gasteiger partial charge in [-0.05, 0) is 31.4 Å². The van der Waals surface area contributed by atoms with Gasteiger partial charge in [0.25, 0.3) is 0 Å². The zero-order valence-electron chi connectivity index (χ0n) is 14.5. The summed E-state index contributed by atoms with van der Waals surface area (Å²) in [6.07, 6.45) is 0.182. The maximum Gasteiger partial charge on any atom is 0.309 e. The third-order valence-corrected chi connectivity index (χ3v) is 4.54. The molecule has 1 heterocycles. The van der Waals surface area contributed by atoms with E-state index in [9.17, 15) is 9.59 Å². The summed E-state index contributed by atoms with van der Waals surface area (Å²) in [5, 5.41) is 4.93. The molecule has 5 nitrogen and oxygen atoms in total. The van der Waals surface area contributed by atoms with Crippen molar-refractivity contribution in [2.75, 3.05) is 13.2 Å². The maximum atomic E-state index is 12.4. The quantitative estimate of drug-likeness (QED) is 0.694. The Morgan fingerprint density at radius 3 is 2.72 bits per heavy atom. The third kappa shape index (κ3) is 5.90. The molecule has 1 amide bonds. The first-order valence-corrected chi connectivity index (χ1v) is 9.17. The molecule has 0 fully saturated rings. The van der Waals surface area contributed by atoms with Crippen LogP contribution in [0.25, 0.3) is 0 Å². The van der Waals surface area contributed by atoms with Crippen LogP contribution in [0.15, 0.2) is 41.8 Å². The van der Waals surface area contributed by atoms with Crippen molar-refractivity contribution in [2.45, 2.75) is 32.7 Å². The first-order chi connectivity index (χ1) is 12.1. The first kappa shape index (κ1) is 19.0. The Kier molecular flexibility index (Phi) is 7.47. The van der Waals surface area contributed by atoms with Gasteiger partial charge >= 0.3 is 5.97 Å². The Balaban J connectivity index is 1.93. The number of carbonyl (C=O) groups is 2. The van der Waals surface area contributed by atoms with Gasteiger partial charge < -0.3 is 14.8 Å². The minimum Gasteiger partial charge on any atom is -0.493 e. The summed E-state index contributed by atoms with van der Waals surface area (Å²) in [5.41, 5.74) is 0.801. The van der Waals surface area contributed by atoms with E-state index in [1.165, 1.54) is 0 Å². The molecule has 1 aromatic heterocycles. The molecule has 2 rings (SSSR count). The van der Waals surface area contributed by atoms with Crippen molar-refractivity contribution >= 4 is 23.2 Å². The standard InChI is InChI=1S/C19H23NO4S/c1-3-23-18(21)10-11-24-17-9-5-4-8-16(17)14(2)19(22)20-13-15-7-6-12-25-15/h4-9,12,14H,3,10-11,13H2,1-2H3,(H,20,22)/t14-/m1/s1. The van der Waals surface area contributed by atoms with Gasteiger partial charge in [0.15, 0.2) is 0 Å². The van der Waals surface area contributed by atoms with Crippen molar-refractivity contribution in [1.29, 1.82) is 0 Å². The normalized spacial score (nSPS) is 11.6. The Morgan fingerprint density at radius 2 is 2.00 bits per heavy atom. The summed E-state index contributed by atoms with van der Waals surface area (Å²) in [5.74, 6) is -0.0825. The van der Waals surface area contributed by atoms with Crippen LogP contribution in [0, 0.1) is 0 Å². The highest BCUT2D eigenvalue weighted by atomic mass is 32.1. The lowest BCUT2D eigenvalue weighted by Crippen LogP contribution is -2.27. The largest absolute Gasteiger partial charge is 0.493 e. The lowest BCUT2D eigenvalue weighted by atomic mass is 9.99. The fourth-order valence-corrected chi connectivity index (χ4v) is 2.97. The van der Waals surface area contributed by atoms with E-state index in [0.29, 0.717) is 18.9 Å². The summed E-state index contributed by atoms with van der Waals surface area (Å²) in [4.78, 5) is 24.9. The van der Waals surface area contributed by atoms with Gasteiger partial charge in [-0.15, -0.1) is 11.3 Å². The van der Waals surface area contributed by atoms with Crippen molar-refractivity contribution in [3.63, 3.8) is 0 Å². The third-order valence-electron chi connectivity index (χ3n) is 3.66. The molecule has 25 heavy (non-hydrogen) atoms. The molecule has 6 heteroatoms. The lowest BCUT2D eigenvalue weighted by Gasteiger charge is -2.16. The van der Waals surface area contributed by atoms with E-state index in [1.54, 1.807) is 18.3 Å². The fourth-order valence-electron chi connectivity index (χ4n) is 2.33. The number of rotatable bonds is 9. The van der Waals surface area contributed by atoms with E-state index in [2.05, 4.69) is 5.32 Å². The van der Waals surface area contributed by atoms with Crippen molar-refractivity contribution < 1.29 is 19.1 Å². The van der Waals surface area contributed by atoms with E-state index in [-0.39, 0.29) is 30.8 Å². The van der Waals surface area contributed by atoms with Gasteiger partial charge in [-0.3, -0.25) is 9.59 Å². The van der Waals surface area contributed by atoms with Gasteiger partial charge in [-0.2, -0.15) is 0 Å². The Hall–Kier alpha value is -2.34. The summed E-state index contributed by atoms with van der Waals surface area (Å²) in [6, 6.07) is 11.3. The average molecular weight is 361 g/mol. The molecule has 0 aliphatic carbocycles. The van der Waals surface area contributed by atoms with Crippen LogP contribution in [0.1, 0.15) is 36.6 Å². The van der Waals surface area contributed by atoms with Gasteiger partial charge in [-0.1, -0.05) is 24.3 Å². The number of hydrogen-bond acceptors (Lipinski definition) is 5. The molecular formula is C19H23NO4S. The Morgan fingerprint density at radius 1 is 1.20 bits per heavy atom. The Bertz CT molecular complexity index is 684. The second-order valence-corrected chi connectivity index (χ2v) is 6.49. The lowest BCUT2D eigenvalue weighted by molar-refractivity contribution is -0.143. The molecule has 0 radical (unpaired) electrons. The first-order valence-electron chi connectivity index (χ1n) is 8.29. The van der Waals surface area contributed by atoms with E-state index in [1.807, 2.05) is 48.7 Å². The molecule has 0 bridgehead atoms. The number of thiophene rings is 1. The minimum atomic E-state index is -0.348. The molecule has 0 spiro atoms. The topological polar surface area (TPSA) is 64.6 Å². The SMILES string of the molecule is CCOC(=O)CCOc1ccccc1[C@@H](C)C(=O)NCc1cccs1. The molecule has 2 aromatic rings. The second-order valence-electron chi connectivity index (χ2n) is 5.46. The summed E-state index contributed by atoms with van der Waals surface area (Å²) in [7, 11) is 0. The number of esters is 1. The van der Waals surface area contributed by atoms with E-state index in [0.717, 1.165) is 10.4 Å². The maximum absolute atomic E-state index is 12.4. The molecular weight excluding hydrogens is 338 g/mol. The summed E-state index contributed by atoms with van der Waals surface area (Å²) < 4.78 is 10.6. The molecule has 1 aromatic carbocycles. The number of hydrogen-bond donors (Lipinski definition) is 1. The molecule has 0 aliphatic heterocycles. The summed E-state index contributed by atoms with van der Waals surface area (Å²) in [6.45, 7) is 4.71. The van der Waals surface area contributed by atoms with Crippen molar-refractivity contribution in [1.82, 2.24) is 5.32 Å². The van der Waals surface area contributed by atoms with Crippen molar-refractivity contribution in [3.05, 3.63) is 52.2 Å². The average Bonchev–Trinajstić information content (AvgIpc) is 3.13. The van der Waals surface area contributed by atoms with Gasteiger partial charge in [0.05, 0.1) is 32.1 Å². The zero-order chi connectivity index (χ0) is 18.1. The highest BCUT2D eigenvalue weighted by Gasteiger charge is 2.19. The number of nitrogens with one attached hydrogen (secondary N) is 1. The smallest absolute Gasteiger partial charge is 0.309 e. The minimum absolute atomic E-state index is 0.0603. The van der Waals surface area contributed by atoms with Gasteiger partial charge in [-0.25, -0.2) is 0 Å². The van der Waals surface area contributed by atoms with Crippen molar-refractivity contribution in [2.24, 2.45) is 0 Å². The van der Waals surface area contributed by atoms with Crippen molar-refractivity contribution in [3.8, 4) is 5.75 Å². The molecule has 1 atom stereocenters. The van der Waals surface area contributed by atoms with Crippen LogP contribution in [0.2, 0.25) is 0 Å². The van der Waals surface area contributed by atoms with E-state index in [4.69, 9.17) is 9.47 Å². The predicted molar refractivity (Wildman–Crippen MR) is 97.8 cm³/mol. The van der Waals surface area contributed by atoms with Crippen LogP contribution in [-0.2, 0) is 20.9 Å². The van der Waals surface area contributed by atoms with Crippen LogP contribution in [-0.4, -0.2) is 25.1 Å². The fraction of sp³-hybridized carbons (Fsp3) is 0.368. The Labute approximate surface area is 152 Å². The van der Waals surface area contributed by atoms with E-state index >= 15 is 0 Å². The number of benzene rings is 1. The number of amides is 1. The number of ether oxygens (including phenoxy) is 2.